The molecule has 0 saturated carbocycles. The lowest BCUT2D eigenvalue weighted by molar-refractivity contribution is -0.135. The summed E-state index contributed by atoms with van der Waals surface area (Å²) in [5, 5.41) is 0.320. The quantitative estimate of drug-likeness (QED) is 0.627. The lowest BCUT2D eigenvalue weighted by Crippen LogP contribution is -2.48. The number of carbonyl (C=O) groups is 1. The minimum atomic E-state index is -0.609. The van der Waals surface area contributed by atoms with Gasteiger partial charge in [-0.25, -0.2) is 18.9 Å². The number of fused-ring (bicyclic) bond motifs is 1. The van der Waals surface area contributed by atoms with Gasteiger partial charge >= 0.3 is 5.69 Å². The van der Waals surface area contributed by atoms with Gasteiger partial charge in [0.1, 0.15) is 12.3 Å². The van der Waals surface area contributed by atoms with Crippen molar-refractivity contribution < 1.29 is 9.53 Å². The van der Waals surface area contributed by atoms with E-state index in [4.69, 9.17) is 4.74 Å². The zero-order valence-corrected chi connectivity index (χ0v) is 18.9. The fourth-order valence-corrected chi connectivity index (χ4v) is 4.54. The Morgan fingerprint density at radius 1 is 1.19 bits per heavy atom. The van der Waals surface area contributed by atoms with Crippen LogP contribution in [0.2, 0.25) is 0 Å². The number of ether oxygens (including phenoxy) is 1. The van der Waals surface area contributed by atoms with Crippen molar-refractivity contribution in [3.8, 4) is 11.4 Å². The summed E-state index contributed by atoms with van der Waals surface area (Å²) in [7, 11) is 1.52. The summed E-state index contributed by atoms with van der Waals surface area (Å²) in [5.74, 6) is 0.248. The number of piperidine rings is 1. The van der Waals surface area contributed by atoms with Crippen LogP contribution in [0.5, 0.6) is 5.75 Å². The lowest BCUT2D eigenvalue weighted by atomic mass is 10.0. The van der Waals surface area contributed by atoms with Crippen LogP contribution in [-0.4, -0.2) is 44.6 Å². The Hall–Kier alpha value is -3.42. The molecule has 0 bridgehead atoms. The van der Waals surface area contributed by atoms with Crippen molar-refractivity contribution in [3.05, 3.63) is 62.4 Å². The highest BCUT2D eigenvalue weighted by Gasteiger charge is 2.26. The van der Waals surface area contributed by atoms with E-state index in [-0.39, 0.29) is 24.1 Å². The van der Waals surface area contributed by atoms with E-state index < -0.39 is 11.2 Å². The Morgan fingerprint density at radius 3 is 2.66 bits per heavy atom. The largest absolute Gasteiger partial charge is 0.495 e. The lowest BCUT2D eigenvalue weighted by Gasteiger charge is -2.33. The number of hydrogen-bond acceptors (Lipinski definition) is 5. The van der Waals surface area contributed by atoms with Crippen molar-refractivity contribution in [1.82, 2.24) is 19.0 Å². The number of aromatic nitrogens is 3. The average molecular weight is 437 g/mol. The van der Waals surface area contributed by atoms with Crippen LogP contribution in [0.3, 0.4) is 0 Å². The standard InChI is InChI=1S/C24H28N4O4/c1-15-13-16(2)25-22-21(15)23(30)27(14-20(29)26-12-8-7-9-17(26)3)24(31)28(22)18-10-5-6-11-19(18)32-4/h5-6,10-11,13,17H,7-9,12,14H2,1-4H3/t17-/m1/s1. The number of likely N-dealkylation sites (tertiary alicyclic amines) is 1. The smallest absolute Gasteiger partial charge is 0.337 e. The fraction of sp³-hybridized carbons (Fsp3) is 0.417. The summed E-state index contributed by atoms with van der Waals surface area (Å²) < 4.78 is 7.88. The molecule has 1 fully saturated rings. The molecule has 8 heteroatoms. The van der Waals surface area contributed by atoms with E-state index in [2.05, 4.69) is 4.98 Å². The highest BCUT2D eigenvalue weighted by Crippen LogP contribution is 2.24. The van der Waals surface area contributed by atoms with Crippen molar-refractivity contribution in [2.75, 3.05) is 13.7 Å². The first kappa shape index (κ1) is 21.8. The van der Waals surface area contributed by atoms with Crippen LogP contribution in [0, 0.1) is 13.8 Å². The van der Waals surface area contributed by atoms with E-state index in [1.807, 2.05) is 20.8 Å². The number of pyridine rings is 1. The number of amides is 1. The van der Waals surface area contributed by atoms with Gasteiger partial charge in [-0.3, -0.25) is 9.59 Å². The maximum absolute atomic E-state index is 13.7. The molecule has 1 saturated heterocycles. The molecular formula is C24H28N4O4. The monoisotopic (exact) mass is 436 g/mol. The third kappa shape index (κ3) is 3.70. The molecule has 1 aliphatic rings. The summed E-state index contributed by atoms with van der Waals surface area (Å²) >= 11 is 0. The van der Waals surface area contributed by atoms with Crippen molar-refractivity contribution in [2.45, 2.75) is 52.6 Å². The van der Waals surface area contributed by atoms with Crippen molar-refractivity contribution in [3.63, 3.8) is 0 Å². The number of aryl methyl sites for hydroxylation is 2. The van der Waals surface area contributed by atoms with Gasteiger partial charge in [-0.15, -0.1) is 0 Å². The van der Waals surface area contributed by atoms with Gasteiger partial charge in [-0.1, -0.05) is 12.1 Å². The van der Waals surface area contributed by atoms with Gasteiger partial charge in [0.05, 0.1) is 18.2 Å². The molecule has 0 aliphatic carbocycles. The van der Waals surface area contributed by atoms with Gasteiger partial charge in [0.2, 0.25) is 5.91 Å². The van der Waals surface area contributed by atoms with Crippen LogP contribution in [0.15, 0.2) is 39.9 Å². The normalized spacial score (nSPS) is 16.4. The van der Waals surface area contributed by atoms with Gasteiger partial charge in [-0.2, -0.15) is 0 Å². The first-order chi connectivity index (χ1) is 15.3. The molecule has 1 aromatic carbocycles. The Bertz CT molecular complexity index is 1310. The van der Waals surface area contributed by atoms with E-state index >= 15 is 0 Å². The molecule has 1 aliphatic heterocycles. The van der Waals surface area contributed by atoms with E-state index in [1.165, 1.54) is 11.7 Å². The zero-order chi connectivity index (χ0) is 23.0. The topological polar surface area (TPSA) is 86.4 Å². The third-order valence-electron chi connectivity index (χ3n) is 6.16. The number of hydrogen-bond donors (Lipinski definition) is 0. The van der Waals surface area contributed by atoms with Crippen LogP contribution in [0.1, 0.15) is 37.4 Å². The molecule has 0 N–H and O–H groups in total. The Kier molecular flexibility index (Phi) is 5.86. The highest BCUT2D eigenvalue weighted by atomic mass is 16.5. The van der Waals surface area contributed by atoms with Crippen LogP contribution in [-0.2, 0) is 11.3 Å². The first-order valence-corrected chi connectivity index (χ1v) is 10.9. The summed E-state index contributed by atoms with van der Waals surface area (Å²) in [6, 6.07) is 8.97. The minimum absolute atomic E-state index is 0.0925. The molecule has 1 amide bonds. The molecule has 1 atom stereocenters. The van der Waals surface area contributed by atoms with Crippen LogP contribution < -0.4 is 16.0 Å². The summed E-state index contributed by atoms with van der Waals surface area (Å²) in [5.41, 5.74) is 1.01. The van der Waals surface area contributed by atoms with E-state index in [0.29, 0.717) is 34.6 Å². The molecule has 4 rings (SSSR count). The van der Waals surface area contributed by atoms with E-state index in [1.54, 1.807) is 35.2 Å². The van der Waals surface area contributed by atoms with Crippen molar-refractivity contribution in [2.24, 2.45) is 0 Å². The molecule has 0 spiro atoms. The molecule has 3 aromatic rings. The molecular weight excluding hydrogens is 408 g/mol. The maximum atomic E-state index is 13.7. The summed E-state index contributed by atoms with van der Waals surface area (Å²) in [6.07, 6.45) is 2.92. The van der Waals surface area contributed by atoms with Crippen LogP contribution in [0.4, 0.5) is 0 Å². The molecule has 3 heterocycles. The molecule has 2 aromatic heterocycles. The predicted octanol–water partition coefficient (Wildman–Crippen LogP) is 2.57. The highest BCUT2D eigenvalue weighted by molar-refractivity contribution is 5.81. The van der Waals surface area contributed by atoms with Crippen molar-refractivity contribution in [1.29, 1.82) is 0 Å². The predicted molar refractivity (Wildman–Crippen MR) is 123 cm³/mol. The number of para-hydroxylation sites is 2. The van der Waals surface area contributed by atoms with E-state index in [0.717, 1.165) is 23.8 Å². The summed E-state index contributed by atoms with van der Waals surface area (Å²) in [6.45, 7) is 5.97. The number of methoxy groups -OCH3 is 1. The minimum Gasteiger partial charge on any atom is -0.495 e. The number of rotatable bonds is 4. The fourth-order valence-electron chi connectivity index (χ4n) is 4.54. The van der Waals surface area contributed by atoms with Gasteiger partial charge in [0.25, 0.3) is 5.56 Å². The number of nitrogens with zero attached hydrogens (tertiary/aromatic N) is 4. The molecule has 32 heavy (non-hydrogen) atoms. The zero-order valence-electron chi connectivity index (χ0n) is 18.9. The van der Waals surface area contributed by atoms with E-state index in [9.17, 15) is 14.4 Å². The average Bonchev–Trinajstić information content (AvgIpc) is 2.76. The SMILES string of the molecule is COc1ccccc1-n1c(=O)n(CC(=O)N2CCCC[C@H]2C)c(=O)c2c(C)cc(C)nc21. The van der Waals surface area contributed by atoms with Gasteiger partial charge in [-0.05, 0) is 63.8 Å². The number of carbonyl (C=O) groups excluding carboxylic acids is 1. The van der Waals surface area contributed by atoms with Crippen LogP contribution in [0.25, 0.3) is 16.7 Å². The third-order valence-corrected chi connectivity index (χ3v) is 6.16. The second-order valence-corrected chi connectivity index (χ2v) is 8.39. The second kappa shape index (κ2) is 8.61. The molecule has 168 valence electrons. The molecule has 0 radical (unpaired) electrons. The Labute approximate surface area is 186 Å². The molecule has 8 nitrogen and oxygen atoms in total. The second-order valence-electron chi connectivity index (χ2n) is 8.39. The maximum Gasteiger partial charge on any atom is 0.337 e. The van der Waals surface area contributed by atoms with Crippen molar-refractivity contribution >= 4 is 16.9 Å². The Balaban J connectivity index is 1.98. The van der Waals surface area contributed by atoms with Crippen LogP contribution >= 0.6 is 0 Å². The van der Waals surface area contributed by atoms with Gasteiger partial charge < -0.3 is 9.64 Å². The Morgan fingerprint density at radius 2 is 1.94 bits per heavy atom. The summed E-state index contributed by atoms with van der Waals surface area (Å²) in [4.78, 5) is 46.5. The van der Waals surface area contributed by atoms with Gasteiger partial charge in [0, 0.05) is 18.3 Å². The number of benzene rings is 1. The molecule has 0 unspecified atom stereocenters. The first-order valence-electron chi connectivity index (χ1n) is 10.9. The van der Waals surface area contributed by atoms with Gasteiger partial charge in [0.15, 0.2) is 5.65 Å².